The van der Waals surface area contributed by atoms with E-state index < -0.39 is 10.0 Å². The number of benzene rings is 1. The lowest BCUT2D eigenvalue weighted by molar-refractivity contribution is 0.0156. The van der Waals surface area contributed by atoms with E-state index in [1.807, 2.05) is 0 Å². The van der Waals surface area contributed by atoms with Crippen LogP contribution in [0.3, 0.4) is 0 Å². The number of nitrogens with zero attached hydrogens (tertiary/aromatic N) is 3. The number of hydrogen-bond donors (Lipinski definition) is 0. The summed E-state index contributed by atoms with van der Waals surface area (Å²) < 4.78 is 36.8. The molecule has 0 saturated carbocycles. The van der Waals surface area contributed by atoms with Gasteiger partial charge < -0.3 is 14.4 Å². The first-order valence-electron chi connectivity index (χ1n) is 11.1. The average molecular weight is 438 g/mol. The van der Waals surface area contributed by atoms with Gasteiger partial charge in [0.15, 0.2) is 0 Å². The number of hydrogen-bond acceptors (Lipinski definition) is 6. The number of fused-ring (bicyclic) bond motifs is 1. The minimum absolute atomic E-state index is 0.299. The van der Waals surface area contributed by atoms with E-state index in [1.165, 1.54) is 17.4 Å². The van der Waals surface area contributed by atoms with Gasteiger partial charge in [-0.15, -0.1) is 0 Å². The first-order valence-corrected chi connectivity index (χ1v) is 13.0. The fourth-order valence-electron chi connectivity index (χ4n) is 4.98. The zero-order valence-corrected chi connectivity index (χ0v) is 19.1. The van der Waals surface area contributed by atoms with Crippen LogP contribution in [-0.4, -0.2) is 93.9 Å². The van der Waals surface area contributed by atoms with Crippen LogP contribution in [0, 0.1) is 0 Å². The molecule has 0 bridgehead atoms. The van der Waals surface area contributed by atoms with E-state index in [1.54, 1.807) is 4.31 Å². The summed E-state index contributed by atoms with van der Waals surface area (Å²) in [5.74, 6) is 1.03. The van der Waals surface area contributed by atoms with Crippen molar-refractivity contribution < 1.29 is 17.9 Å². The fourth-order valence-corrected chi connectivity index (χ4v) is 5.86. The second-order valence-corrected chi connectivity index (χ2v) is 10.9. The summed E-state index contributed by atoms with van der Waals surface area (Å²) in [5.41, 5.74) is 2.64. The van der Waals surface area contributed by atoms with Crippen molar-refractivity contribution in [2.75, 3.05) is 59.3 Å². The van der Waals surface area contributed by atoms with Gasteiger partial charge in [-0.05, 0) is 43.5 Å². The molecule has 7 nitrogen and oxygen atoms in total. The molecule has 168 valence electrons. The first kappa shape index (κ1) is 22.0. The van der Waals surface area contributed by atoms with Crippen molar-refractivity contribution in [1.82, 2.24) is 14.1 Å². The van der Waals surface area contributed by atoms with E-state index in [2.05, 4.69) is 35.0 Å². The van der Waals surface area contributed by atoms with Gasteiger partial charge in [0.2, 0.25) is 10.0 Å². The Morgan fingerprint density at radius 2 is 1.90 bits per heavy atom. The Bertz CT molecular complexity index is 826. The Morgan fingerprint density at radius 1 is 1.10 bits per heavy atom. The molecule has 0 aromatic heterocycles. The van der Waals surface area contributed by atoms with Crippen molar-refractivity contribution >= 4 is 10.0 Å². The van der Waals surface area contributed by atoms with Crippen molar-refractivity contribution in [3.63, 3.8) is 0 Å². The lowest BCUT2D eigenvalue weighted by atomic mass is 10.0. The summed E-state index contributed by atoms with van der Waals surface area (Å²) in [5, 5.41) is 0. The third-order valence-electron chi connectivity index (χ3n) is 6.67. The van der Waals surface area contributed by atoms with Gasteiger partial charge in [0.25, 0.3) is 0 Å². The standard InChI is InChI=1S/C22H35N3O4S/c1-23(16-18-3-4-22-19(15-18)6-14-29-22)10-11-25(20-7-12-28-13-8-20)21-5-9-24(17-21)30(2,26)27/h3-4,15,20-21H,5-14,16-17H2,1-2H3. The molecule has 0 radical (unpaired) electrons. The summed E-state index contributed by atoms with van der Waals surface area (Å²) in [6.07, 6.45) is 5.30. The molecular weight excluding hydrogens is 402 g/mol. The predicted octanol–water partition coefficient (Wildman–Crippen LogP) is 1.57. The van der Waals surface area contributed by atoms with E-state index in [4.69, 9.17) is 9.47 Å². The highest BCUT2D eigenvalue weighted by atomic mass is 32.2. The fraction of sp³-hybridized carbons (Fsp3) is 0.727. The number of rotatable bonds is 8. The summed E-state index contributed by atoms with van der Waals surface area (Å²) in [4.78, 5) is 4.94. The van der Waals surface area contributed by atoms with E-state index >= 15 is 0 Å². The second-order valence-electron chi connectivity index (χ2n) is 8.92. The highest BCUT2D eigenvalue weighted by molar-refractivity contribution is 7.88. The predicted molar refractivity (Wildman–Crippen MR) is 117 cm³/mol. The number of sulfonamides is 1. The topological polar surface area (TPSA) is 62.3 Å². The van der Waals surface area contributed by atoms with Crippen LogP contribution in [0.4, 0.5) is 0 Å². The van der Waals surface area contributed by atoms with Crippen LogP contribution in [0.25, 0.3) is 0 Å². The van der Waals surface area contributed by atoms with Gasteiger partial charge >= 0.3 is 0 Å². The lowest BCUT2D eigenvalue weighted by Gasteiger charge is -2.39. The molecule has 1 aromatic carbocycles. The van der Waals surface area contributed by atoms with Crippen LogP contribution >= 0.6 is 0 Å². The third kappa shape index (κ3) is 5.34. The molecule has 3 heterocycles. The van der Waals surface area contributed by atoms with Crippen LogP contribution in [0.1, 0.15) is 30.4 Å². The van der Waals surface area contributed by atoms with Gasteiger partial charge in [0.1, 0.15) is 5.75 Å². The zero-order valence-electron chi connectivity index (χ0n) is 18.3. The van der Waals surface area contributed by atoms with Crippen LogP contribution in [0.2, 0.25) is 0 Å². The molecule has 3 aliphatic heterocycles. The summed E-state index contributed by atoms with van der Waals surface area (Å²) in [6, 6.07) is 7.31. The molecule has 1 aromatic rings. The van der Waals surface area contributed by atoms with Gasteiger partial charge in [-0.1, -0.05) is 12.1 Å². The van der Waals surface area contributed by atoms with Crippen molar-refractivity contribution in [2.24, 2.45) is 0 Å². The molecule has 3 aliphatic rings. The lowest BCUT2D eigenvalue weighted by Crippen LogP contribution is -2.49. The molecule has 0 N–H and O–H groups in total. The normalized spacial score (nSPS) is 23.3. The third-order valence-corrected chi connectivity index (χ3v) is 7.94. The highest BCUT2D eigenvalue weighted by Gasteiger charge is 2.35. The van der Waals surface area contributed by atoms with Crippen LogP contribution in [-0.2, 0) is 27.7 Å². The largest absolute Gasteiger partial charge is 0.493 e. The zero-order chi connectivity index (χ0) is 21.1. The Balaban J connectivity index is 1.36. The summed E-state index contributed by atoms with van der Waals surface area (Å²) >= 11 is 0. The smallest absolute Gasteiger partial charge is 0.211 e. The maximum absolute atomic E-state index is 12.0. The van der Waals surface area contributed by atoms with Crippen molar-refractivity contribution in [2.45, 2.75) is 44.3 Å². The van der Waals surface area contributed by atoms with Crippen molar-refractivity contribution in [1.29, 1.82) is 0 Å². The van der Waals surface area contributed by atoms with Gasteiger partial charge in [0.05, 0.1) is 12.9 Å². The minimum atomic E-state index is -3.12. The number of likely N-dealkylation sites (N-methyl/N-ethyl adjacent to an activating group) is 1. The molecule has 0 spiro atoms. The Morgan fingerprint density at radius 3 is 2.63 bits per heavy atom. The average Bonchev–Trinajstić information content (AvgIpc) is 3.38. The first-order chi connectivity index (χ1) is 14.4. The van der Waals surface area contributed by atoms with Crippen LogP contribution < -0.4 is 4.74 Å². The van der Waals surface area contributed by atoms with Gasteiger partial charge in [-0.2, -0.15) is 0 Å². The van der Waals surface area contributed by atoms with Crippen LogP contribution in [0.15, 0.2) is 18.2 Å². The molecule has 2 saturated heterocycles. The quantitative estimate of drug-likeness (QED) is 0.615. The molecule has 2 fully saturated rings. The Hall–Kier alpha value is -1.19. The minimum Gasteiger partial charge on any atom is -0.493 e. The van der Waals surface area contributed by atoms with E-state index in [0.29, 0.717) is 25.2 Å². The maximum Gasteiger partial charge on any atom is 0.211 e. The second kappa shape index (κ2) is 9.53. The SMILES string of the molecule is CN(CCN(C1CCOCC1)C1CCN(S(C)(=O)=O)C1)Cc1ccc2c(c1)CCO2. The van der Waals surface area contributed by atoms with Gasteiger partial charge in [-0.25, -0.2) is 12.7 Å². The van der Waals surface area contributed by atoms with Gasteiger partial charge in [0, 0.05) is 64.4 Å². The van der Waals surface area contributed by atoms with Crippen LogP contribution in [0.5, 0.6) is 5.75 Å². The van der Waals surface area contributed by atoms with Crippen molar-refractivity contribution in [3.8, 4) is 5.75 Å². The summed E-state index contributed by atoms with van der Waals surface area (Å²) in [6.45, 7) is 6.47. The molecule has 30 heavy (non-hydrogen) atoms. The van der Waals surface area contributed by atoms with E-state index in [0.717, 1.165) is 70.9 Å². The van der Waals surface area contributed by atoms with E-state index in [-0.39, 0.29) is 0 Å². The molecular formula is C22H35N3O4S. The molecule has 1 unspecified atom stereocenters. The maximum atomic E-state index is 12.0. The molecule has 4 rings (SSSR count). The number of ether oxygens (including phenoxy) is 2. The monoisotopic (exact) mass is 437 g/mol. The van der Waals surface area contributed by atoms with Gasteiger partial charge in [-0.3, -0.25) is 4.90 Å². The van der Waals surface area contributed by atoms with E-state index in [9.17, 15) is 8.42 Å². The molecule has 0 amide bonds. The molecule has 8 heteroatoms. The molecule has 0 aliphatic carbocycles. The molecule has 1 atom stereocenters. The highest BCUT2D eigenvalue weighted by Crippen LogP contribution is 2.27. The summed E-state index contributed by atoms with van der Waals surface area (Å²) in [7, 11) is -0.945. The van der Waals surface area contributed by atoms with Crippen molar-refractivity contribution in [3.05, 3.63) is 29.3 Å². The Kier molecular flexibility index (Phi) is 6.99. The Labute approximate surface area is 181 Å².